The van der Waals surface area contributed by atoms with E-state index in [1.54, 1.807) is 22.7 Å². The van der Waals surface area contributed by atoms with Crippen LogP contribution in [0.15, 0.2) is 103 Å². The van der Waals surface area contributed by atoms with Gasteiger partial charge in [0.25, 0.3) is 5.91 Å². The molecular formula is C55H61N7O10S. The van der Waals surface area contributed by atoms with Crippen LogP contribution in [0.1, 0.15) is 47.4 Å². The van der Waals surface area contributed by atoms with Gasteiger partial charge in [-0.2, -0.15) is 0 Å². The van der Waals surface area contributed by atoms with Crippen LogP contribution in [0.4, 0.5) is 0 Å². The van der Waals surface area contributed by atoms with Crippen LogP contribution in [0, 0.1) is 12.8 Å². The average molecular weight is 1010 g/mol. The first-order valence-corrected chi connectivity index (χ1v) is 25.6. The fourth-order valence-electron chi connectivity index (χ4n) is 9.35. The zero-order chi connectivity index (χ0) is 50.7. The highest BCUT2D eigenvalue weighted by Crippen LogP contribution is 2.34. The smallest absolute Gasteiger partial charge is 0.255 e. The number of benzene rings is 3. The molecule has 3 atom stereocenters. The minimum Gasteiger partial charge on any atom is -0.491 e. The summed E-state index contributed by atoms with van der Waals surface area (Å²) in [7, 11) is 0. The molecule has 7 aromatic rings. The van der Waals surface area contributed by atoms with E-state index in [9.17, 15) is 19.5 Å². The van der Waals surface area contributed by atoms with Gasteiger partial charge < -0.3 is 53.6 Å². The van der Waals surface area contributed by atoms with Gasteiger partial charge >= 0.3 is 0 Å². The molecule has 3 amide bonds. The molecule has 0 bridgehead atoms. The highest BCUT2D eigenvalue weighted by atomic mass is 32.1. The minimum atomic E-state index is -0.909. The van der Waals surface area contributed by atoms with E-state index in [4.69, 9.17) is 28.4 Å². The highest BCUT2D eigenvalue weighted by molar-refractivity contribution is 7.13. The molecule has 0 aliphatic carbocycles. The number of aliphatic hydroxyl groups is 1. The second-order valence-corrected chi connectivity index (χ2v) is 19.2. The number of nitrogens with one attached hydrogen (secondary N) is 2. The normalized spacial score (nSPS) is 15.9. The fourth-order valence-corrected chi connectivity index (χ4v) is 10.2. The summed E-state index contributed by atoms with van der Waals surface area (Å²) in [6.07, 6.45) is 4.68. The van der Waals surface area contributed by atoms with Gasteiger partial charge in [0.05, 0.1) is 75.0 Å². The maximum absolute atomic E-state index is 14.2. The van der Waals surface area contributed by atoms with Crippen LogP contribution in [-0.2, 0) is 41.6 Å². The number of carbonyl (C=O) groups is 3. The molecule has 0 unspecified atom stereocenters. The van der Waals surface area contributed by atoms with Gasteiger partial charge in [-0.25, -0.2) is 9.97 Å². The zero-order valence-electron chi connectivity index (χ0n) is 41.3. The lowest BCUT2D eigenvalue weighted by atomic mass is 10.0. The first kappa shape index (κ1) is 51.1. The number of aromatic amines is 1. The van der Waals surface area contributed by atoms with E-state index in [1.165, 1.54) is 16.2 Å². The lowest BCUT2D eigenvalue weighted by Gasteiger charge is -2.35. The van der Waals surface area contributed by atoms with E-state index in [2.05, 4.69) is 43.5 Å². The Morgan fingerprint density at radius 2 is 1.51 bits per heavy atom. The Hall–Kier alpha value is -6.80. The second kappa shape index (κ2) is 24.3. The quantitative estimate of drug-likeness (QED) is 0.0496. The lowest BCUT2D eigenvalue weighted by molar-refractivity contribution is -0.143. The van der Waals surface area contributed by atoms with Crippen molar-refractivity contribution < 1.29 is 47.9 Å². The van der Waals surface area contributed by atoms with Gasteiger partial charge in [0.2, 0.25) is 17.7 Å². The fraction of sp³-hybridized carbons (Fsp3) is 0.382. The predicted molar refractivity (Wildman–Crippen MR) is 276 cm³/mol. The lowest BCUT2D eigenvalue weighted by Crippen LogP contribution is -2.55. The van der Waals surface area contributed by atoms with Crippen molar-refractivity contribution >= 4 is 50.9 Å². The molecule has 0 saturated carbocycles. The number of aryl methyl sites for hydroxylation is 1. The van der Waals surface area contributed by atoms with Crippen molar-refractivity contribution in [2.24, 2.45) is 5.92 Å². The third-order valence-electron chi connectivity index (χ3n) is 13.0. The standard InChI is InChI=1S/C55H61N7O10S/c1-35(2)51(62-32-41-6-4-5-7-43(41)54(62)65)55(66)61-33-42(63)28-48(61)53(64)58-30-40-9-8-38(52-36(3)59-34-73-52)27-49(40)71-24-22-69-20-18-67-16-17-68-19-21-70-23-25-72-50-13-11-39(29-57-50)37-10-12-44-45-31-56-15-14-46(45)60-47(44)26-37/h4-15,26-27,29,31,34-35,42,48,51,60,63H,16-25,28,30,32-33H2,1-3H3,(H,58,64)/t42-,48+,51+/m1/s1. The number of β-amino-alcohol motifs (C(OH)–C–C–N with tert-alkyl or cyclic N) is 1. The van der Waals surface area contributed by atoms with E-state index in [1.807, 2.05) is 87.8 Å². The third-order valence-corrected chi connectivity index (χ3v) is 14.0. The van der Waals surface area contributed by atoms with Gasteiger partial charge in [0.15, 0.2) is 0 Å². The first-order chi connectivity index (χ1) is 35.6. The molecule has 17 nitrogen and oxygen atoms in total. The molecule has 18 heteroatoms. The summed E-state index contributed by atoms with van der Waals surface area (Å²) in [5.41, 5.74) is 9.96. The van der Waals surface area contributed by atoms with Gasteiger partial charge in [-0.15, -0.1) is 11.3 Å². The molecule has 0 spiro atoms. The number of aromatic nitrogens is 4. The topological polar surface area (TPSA) is 200 Å². The van der Waals surface area contributed by atoms with Crippen molar-refractivity contribution in [1.29, 1.82) is 0 Å². The number of pyridine rings is 2. The van der Waals surface area contributed by atoms with Crippen LogP contribution in [-0.4, -0.2) is 143 Å². The Bertz CT molecular complexity index is 3000. The number of rotatable bonds is 25. The van der Waals surface area contributed by atoms with Crippen molar-refractivity contribution in [2.45, 2.75) is 58.5 Å². The van der Waals surface area contributed by atoms with Gasteiger partial charge in [0.1, 0.15) is 31.0 Å². The average Bonchev–Trinajstić information content (AvgIpc) is 4.19. The minimum absolute atomic E-state index is 0.000280. The zero-order valence-corrected chi connectivity index (χ0v) is 42.1. The number of hydrogen-bond donors (Lipinski definition) is 3. The maximum atomic E-state index is 14.2. The Morgan fingerprint density at radius 1 is 0.795 bits per heavy atom. The molecule has 382 valence electrons. The molecular weight excluding hydrogens is 951 g/mol. The third kappa shape index (κ3) is 12.4. The van der Waals surface area contributed by atoms with Crippen molar-refractivity contribution in [3.63, 3.8) is 0 Å². The number of thiazole rings is 1. The number of hydrogen-bond acceptors (Lipinski definition) is 14. The highest BCUT2D eigenvalue weighted by Gasteiger charge is 2.46. The van der Waals surface area contributed by atoms with E-state index >= 15 is 0 Å². The number of likely N-dealkylation sites (tertiary alicyclic amines) is 1. The van der Waals surface area contributed by atoms with Crippen LogP contribution in [0.2, 0.25) is 0 Å². The molecule has 0 radical (unpaired) electrons. The summed E-state index contributed by atoms with van der Waals surface area (Å²) in [6.45, 7) is 9.91. The SMILES string of the molecule is Cc1ncsc1-c1ccc(CNC(=O)[C@@H]2C[C@@H](O)CN2C(=O)[C@H](C(C)C)N2Cc3ccccc3C2=O)c(OCCOCCOCCOCCOCCOc2ccc(-c3ccc4c(c3)[nH]c3ccncc34)cn2)c1. The molecule has 1 fully saturated rings. The summed E-state index contributed by atoms with van der Waals surface area (Å²) < 4.78 is 34.8. The van der Waals surface area contributed by atoms with Crippen LogP contribution in [0.25, 0.3) is 43.4 Å². The molecule has 73 heavy (non-hydrogen) atoms. The summed E-state index contributed by atoms with van der Waals surface area (Å²) in [5, 5.41) is 16.0. The first-order valence-electron chi connectivity index (χ1n) is 24.7. The van der Waals surface area contributed by atoms with Crippen molar-refractivity contribution in [1.82, 2.24) is 35.1 Å². The number of H-pyrrole nitrogens is 1. The van der Waals surface area contributed by atoms with E-state index in [0.717, 1.165) is 60.2 Å². The van der Waals surface area contributed by atoms with Crippen molar-refractivity contribution in [2.75, 3.05) is 72.6 Å². The van der Waals surface area contributed by atoms with Crippen molar-refractivity contribution in [3.05, 3.63) is 125 Å². The van der Waals surface area contributed by atoms with E-state index in [-0.39, 0.29) is 43.8 Å². The van der Waals surface area contributed by atoms with Gasteiger partial charge in [-0.1, -0.05) is 56.3 Å². The summed E-state index contributed by atoms with van der Waals surface area (Å²) in [6, 6.07) is 23.6. The second-order valence-electron chi connectivity index (χ2n) is 18.3. The van der Waals surface area contributed by atoms with E-state index < -0.39 is 24.1 Å². The predicted octanol–water partition coefficient (Wildman–Crippen LogP) is 6.99. The Balaban J connectivity index is 0.654. The Kier molecular flexibility index (Phi) is 17.0. The number of aliphatic hydroxyl groups excluding tert-OH is 1. The summed E-state index contributed by atoms with van der Waals surface area (Å²) in [5.74, 6) is -0.0860. The molecule has 3 N–H and O–H groups in total. The molecule has 2 aliphatic rings. The summed E-state index contributed by atoms with van der Waals surface area (Å²) in [4.78, 5) is 62.2. The number of nitrogens with zero attached hydrogens (tertiary/aromatic N) is 5. The largest absolute Gasteiger partial charge is 0.491 e. The molecule has 4 aromatic heterocycles. The number of carbonyl (C=O) groups excluding carboxylic acids is 3. The molecule has 3 aromatic carbocycles. The van der Waals surface area contributed by atoms with Crippen LogP contribution >= 0.6 is 11.3 Å². The maximum Gasteiger partial charge on any atom is 0.255 e. The van der Waals surface area contributed by atoms with Gasteiger partial charge in [-0.3, -0.25) is 19.4 Å². The Morgan fingerprint density at radius 3 is 2.21 bits per heavy atom. The monoisotopic (exact) mass is 1010 g/mol. The Labute approximate surface area is 427 Å². The van der Waals surface area contributed by atoms with Crippen LogP contribution in [0.3, 0.4) is 0 Å². The van der Waals surface area contributed by atoms with Gasteiger partial charge in [0, 0.05) is 89.2 Å². The molecule has 9 rings (SSSR count). The number of amides is 3. The van der Waals surface area contributed by atoms with Crippen LogP contribution < -0.4 is 14.8 Å². The van der Waals surface area contributed by atoms with E-state index in [0.29, 0.717) is 83.2 Å². The molecule has 6 heterocycles. The molecule has 1 saturated heterocycles. The van der Waals surface area contributed by atoms with Gasteiger partial charge in [-0.05, 0) is 59.9 Å². The van der Waals surface area contributed by atoms with Crippen molar-refractivity contribution in [3.8, 4) is 33.2 Å². The number of fused-ring (bicyclic) bond motifs is 4. The molecule has 2 aliphatic heterocycles. The number of ether oxygens (including phenoxy) is 6. The van der Waals surface area contributed by atoms with Crippen LogP contribution in [0.5, 0.6) is 11.6 Å². The summed E-state index contributed by atoms with van der Waals surface area (Å²) >= 11 is 1.53.